The number of carbonyl (C=O) groups excluding carboxylic acids is 1. The number of anilines is 2. The highest BCUT2D eigenvalue weighted by molar-refractivity contribution is 9.10. The molecule has 5 nitrogen and oxygen atoms in total. The van der Waals surface area contributed by atoms with E-state index in [4.69, 9.17) is 0 Å². The van der Waals surface area contributed by atoms with Crippen molar-refractivity contribution in [1.82, 2.24) is 10.2 Å². The van der Waals surface area contributed by atoms with E-state index in [9.17, 15) is 4.79 Å². The summed E-state index contributed by atoms with van der Waals surface area (Å²) in [6.45, 7) is 4.86. The van der Waals surface area contributed by atoms with Gasteiger partial charge >= 0.3 is 0 Å². The maximum atomic E-state index is 12.3. The molecule has 0 bridgehead atoms. The Labute approximate surface area is 168 Å². The first-order valence-corrected chi connectivity index (χ1v) is 9.97. The smallest absolute Gasteiger partial charge is 0.253 e. The minimum Gasteiger partial charge on any atom is -0.369 e. The fraction of sp³-hybridized carbons (Fsp3) is 0.286. The van der Waals surface area contributed by atoms with E-state index in [-0.39, 0.29) is 5.91 Å². The molecule has 2 heterocycles. The van der Waals surface area contributed by atoms with Crippen molar-refractivity contribution >= 4 is 38.8 Å². The van der Waals surface area contributed by atoms with Crippen molar-refractivity contribution in [3.63, 3.8) is 0 Å². The van der Waals surface area contributed by atoms with Gasteiger partial charge < -0.3 is 20.4 Å². The van der Waals surface area contributed by atoms with Gasteiger partial charge in [0.05, 0.1) is 5.57 Å². The van der Waals surface area contributed by atoms with E-state index in [2.05, 4.69) is 67.7 Å². The van der Waals surface area contributed by atoms with E-state index in [1.165, 1.54) is 5.69 Å². The second kappa shape index (κ2) is 7.74. The highest BCUT2D eigenvalue weighted by atomic mass is 79.9. The van der Waals surface area contributed by atoms with Gasteiger partial charge in [0.15, 0.2) is 0 Å². The van der Waals surface area contributed by atoms with Gasteiger partial charge in [-0.05, 0) is 54.6 Å². The van der Waals surface area contributed by atoms with E-state index in [1.807, 2.05) is 18.2 Å². The molecule has 1 amide bonds. The van der Waals surface area contributed by atoms with Gasteiger partial charge in [-0.15, -0.1) is 0 Å². The van der Waals surface area contributed by atoms with Crippen LogP contribution < -0.4 is 15.5 Å². The summed E-state index contributed by atoms with van der Waals surface area (Å²) < 4.78 is 0.971. The molecule has 0 atom stereocenters. The number of nitrogens with zero attached hydrogens (tertiary/aromatic N) is 2. The summed E-state index contributed by atoms with van der Waals surface area (Å²) in [4.78, 5) is 17.1. The lowest BCUT2D eigenvalue weighted by Gasteiger charge is -2.34. The molecule has 0 aromatic heterocycles. The van der Waals surface area contributed by atoms with Crippen LogP contribution in [0.3, 0.4) is 0 Å². The molecule has 2 aromatic carbocycles. The zero-order valence-electron chi connectivity index (χ0n) is 15.3. The second-order valence-electron chi connectivity index (χ2n) is 7.02. The fourth-order valence-corrected chi connectivity index (χ4v) is 3.84. The maximum Gasteiger partial charge on any atom is 0.253 e. The lowest BCUT2D eigenvalue weighted by atomic mass is 9.96. The topological polar surface area (TPSA) is 47.6 Å². The Balaban J connectivity index is 1.50. The summed E-state index contributed by atoms with van der Waals surface area (Å²) in [6.07, 6.45) is 1.80. The molecule has 2 N–H and O–H groups in total. The summed E-state index contributed by atoms with van der Waals surface area (Å²) in [5, 5.41) is 6.20. The molecule has 0 saturated carbocycles. The summed E-state index contributed by atoms with van der Waals surface area (Å²) in [5.41, 5.74) is 4.95. The molecule has 140 valence electrons. The second-order valence-corrected chi connectivity index (χ2v) is 7.94. The van der Waals surface area contributed by atoms with Crippen molar-refractivity contribution in [2.24, 2.45) is 0 Å². The number of fused-ring (bicyclic) bond motifs is 1. The standard InChI is InChI=1S/C21H23BrN4O/c1-25-8-10-26(11-9-25)18-6-4-17(5-7-18)23-14-20-19-12-16(22)3-2-15(19)13-24-21(20)27/h2-7,12,14,23H,8-11,13H2,1H3,(H,24,27). The number of hydrogen-bond acceptors (Lipinski definition) is 4. The quantitative estimate of drug-likeness (QED) is 0.739. The highest BCUT2D eigenvalue weighted by Gasteiger charge is 2.21. The van der Waals surface area contributed by atoms with E-state index in [0.29, 0.717) is 12.1 Å². The third kappa shape index (κ3) is 4.01. The zero-order chi connectivity index (χ0) is 18.8. The van der Waals surface area contributed by atoms with Crippen LogP contribution in [0.4, 0.5) is 11.4 Å². The monoisotopic (exact) mass is 426 g/mol. The number of amides is 1. The van der Waals surface area contributed by atoms with E-state index >= 15 is 0 Å². The molecule has 1 saturated heterocycles. The highest BCUT2D eigenvalue weighted by Crippen LogP contribution is 2.27. The summed E-state index contributed by atoms with van der Waals surface area (Å²) in [7, 11) is 2.16. The van der Waals surface area contributed by atoms with Crippen molar-refractivity contribution in [2.45, 2.75) is 6.54 Å². The van der Waals surface area contributed by atoms with Crippen molar-refractivity contribution in [3.05, 3.63) is 64.3 Å². The summed E-state index contributed by atoms with van der Waals surface area (Å²) in [6, 6.07) is 14.4. The number of halogens is 1. The molecule has 4 rings (SSSR count). The van der Waals surface area contributed by atoms with Crippen molar-refractivity contribution < 1.29 is 4.79 Å². The number of piperazine rings is 1. The third-order valence-electron chi connectivity index (χ3n) is 5.17. The first-order valence-electron chi connectivity index (χ1n) is 9.17. The number of hydrogen-bond donors (Lipinski definition) is 2. The Morgan fingerprint density at radius 2 is 1.81 bits per heavy atom. The molecule has 2 aliphatic rings. The average Bonchev–Trinajstić information content (AvgIpc) is 2.68. The molecule has 0 radical (unpaired) electrons. The Kier molecular flexibility index (Phi) is 5.18. The molecule has 0 spiro atoms. The van der Waals surface area contributed by atoms with Gasteiger partial charge in [0, 0.05) is 54.8 Å². The molecular formula is C21H23BrN4O. The van der Waals surface area contributed by atoms with Crippen molar-refractivity contribution in [2.75, 3.05) is 43.4 Å². The average molecular weight is 427 g/mol. The number of likely N-dealkylation sites (N-methyl/N-ethyl adjacent to an activating group) is 1. The lowest BCUT2D eigenvalue weighted by Crippen LogP contribution is -2.44. The Hall–Kier alpha value is -2.31. The van der Waals surface area contributed by atoms with Gasteiger partial charge in [-0.25, -0.2) is 0 Å². The predicted molar refractivity (Wildman–Crippen MR) is 114 cm³/mol. The molecule has 0 aliphatic carbocycles. The van der Waals surface area contributed by atoms with Gasteiger partial charge in [0.1, 0.15) is 0 Å². The molecule has 2 aliphatic heterocycles. The van der Waals surface area contributed by atoms with Crippen LogP contribution in [0.1, 0.15) is 11.1 Å². The first kappa shape index (κ1) is 18.1. The first-order chi connectivity index (χ1) is 13.1. The van der Waals surface area contributed by atoms with Crippen molar-refractivity contribution in [1.29, 1.82) is 0 Å². The fourth-order valence-electron chi connectivity index (χ4n) is 3.48. The van der Waals surface area contributed by atoms with Crippen LogP contribution in [-0.4, -0.2) is 44.0 Å². The molecule has 27 heavy (non-hydrogen) atoms. The molecule has 6 heteroatoms. The van der Waals surface area contributed by atoms with Crippen LogP contribution in [0, 0.1) is 0 Å². The van der Waals surface area contributed by atoms with Gasteiger partial charge in [0.25, 0.3) is 5.91 Å². The van der Waals surface area contributed by atoms with Crippen LogP contribution in [-0.2, 0) is 11.3 Å². The van der Waals surface area contributed by atoms with Gasteiger partial charge in [-0.3, -0.25) is 4.79 Å². The van der Waals surface area contributed by atoms with E-state index < -0.39 is 0 Å². The number of nitrogens with one attached hydrogen (secondary N) is 2. The molecule has 2 aromatic rings. The summed E-state index contributed by atoms with van der Waals surface area (Å²) in [5.74, 6) is -0.0536. The summed E-state index contributed by atoms with van der Waals surface area (Å²) >= 11 is 3.50. The van der Waals surface area contributed by atoms with E-state index in [1.54, 1.807) is 6.20 Å². The Bertz CT molecular complexity index is 870. The maximum absolute atomic E-state index is 12.3. The molecule has 1 fully saturated rings. The van der Waals surface area contributed by atoms with Crippen molar-refractivity contribution in [3.8, 4) is 0 Å². The zero-order valence-corrected chi connectivity index (χ0v) is 16.9. The van der Waals surface area contributed by atoms with Crippen LogP contribution >= 0.6 is 15.9 Å². The lowest BCUT2D eigenvalue weighted by molar-refractivity contribution is -0.116. The van der Waals surface area contributed by atoms with E-state index in [0.717, 1.165) is 47.5 Å². The SMILES string of the molecule is CN1CCN(c2ccc(NC=C3C(=O)NCc4ccc(Br)cc43)cc2)CC1. The number of rotatable bonds is 3. The third-order valence-corrected chi connectivity index (χ3v) is 5.66. The Morgan fingerprint density at radius 1 is 1.07 bits per heavy atom. The number of carbonyl (C=O) groups is 1. The molecule has 0 unspecified atom stereocenters. The van der Waals surface area contributed by atoms with Gasteiger partial charge in [0.2, 0.25) is 0 Å². The normalized spacial score (nSPS) is 19.0. The van der Waals surface area contributed by atoms with Crippen LogP contribution in [0.2, 0.25) is 0 Å². The number of benzene rings is 2. The minimum atomic E-state index is -0.0536. The van der Waals surface area contributed by atoms with Gasteiger partial charge in [-0.1, -0.05) is 22.0 Å². The predicted octanol–water partition coefficient (Wildman–Crippen LogP) is 3.28. The largest absolute Gasteiger partial charge is 0.369 e. The minimum absolute atomic E-state index is 0.0536. The van der Waals surface area contributed by atoms with Crippen LogP contribution in [0.5, 0.6) is 0 Å². The van der Waals surface area contributed by atoms with Crippen LogP contribution in [0.15, 0.2) is 53.1 Å². The van der Waals surface area contributed by atoms with Crippen LogP contribution in [0.25, 0.3) is 5.57 Å². The molecular weight excluding hydrogens is 404 g/mol. The Morgan fingerprint density at radius 3 is 2.56 bits per heavy atom. The van der Waals surface area contributed by atoms with Gasteiger partial charge in [-0.2, -0.15) is 0 Å².